The number of alkyl halides is 1. The smallest absolute Gasteiger partial charge is 0.167 e. The predicted molar refractivity (Wildman–Crippen MR) is 97.2 cm³/mol. The Kier molecular flexibility index (Phi) is 3.84. The largest absolute Gasteiger partial charge is 0.341 e. The number of benzene rings is 1. The lowest BCUT2D eigenvalue weighted by Crippen LogP contribution is -2.30. The second-order valence-corrected chi connectivity index (χ2v) is 7.31. The zero-order valence-corrected chi connectivity index (χ0v) is 15.0. The van der Waals surface area contributed by atoms with Gasteiger partial charge in [0.25, 0.3) is 0 Å². The Hall–Kier alpha value is -2.27. The summed E-state index contributed by atoms with van der Waals surface area (Å²) in [5.41, 5.74) is 3.83. The summed E-state index contributed by atoms with van der Waals surface area (Å²) in [6.45, 7) is 5.90. The Bertz CT molecular complexity index is 914. The highest BCUT2D eigenvalue weighted by Gasteiger charge is 2.31. The lowest BCUT2D eigenvalue weighted by molar-refractivity contribution is 0.155. The average Bonchev–Trinajstić information content (AvgIpc) is 2.88. The molecule has 1 aliphatic rings. The van der Waals surface area contributed by atoms with Crippen molar-refractivity contribution in [2.75, 3.05) is 13.6 Å². The summed E-state index contributed by atoms with van der Waals surface area (Å²) in [5.74, 6) is 0. The molecule has 0 fully saturated rings. The van der Waals surface area contributed by atoms with Crippen molar-refractivity contribution >= 4 is 10.9 Å². The van der Waals surface area contributed by atoms with E-state index in [2.05, 4.69) is 51.6 Å². The van der Waals surface area contributed by atoms with Gasteiger partial charge in [0.15, 0.2) is 5.67 Å². The van der Waals surface area contributed by atoms with Gasteiger partial charge in [0.2, 0.25) is 0 Å². The van der Waals surface area contributed by atoms with Gasteiger partial charge >= 0.3 is 0 Å². The first kappa shape index (κ1) is 16.2. The summed E-state index contributed by atoms with van der Waals surface area (Å²) >= 11 is 0. The quantitative estimate of drug-likeness (QED) is 0.731. The molecule has 2 aromatic heterocycles. The van der Waals surface area contributed by atoms with Gasteiger partial charge in [-0.3, -0.25) is 0 Å². The Morgan fingerprint density at radius 3 is 2.88 bits per heavy atom. The van der Waals surface area contributed by atoms with Crippen molar-refractivity contribution in [3.8, 4) is 0 Å². The van der Waals surface area contributed by atoms with Crippen molar-refractivity contribution in [3.05, 3.63) is 59.3 Å². The summed E-state index contributed by atoms with van der Waals surface area (Å²) in [6.07, 6.45) is 3.95. The molecule has 1 aliphatic heterocycles. The predicted octanol–water partition coefficient (Wildman–Crippen LogP) is 3.61. The van der Waals surface area contributed by atoms with Gasteiger partial charge in [-0.1, -0.05) is 11.6 Å². The maximum Gasteiger partial charge on any atom is 0.167 e. The van der Waals surface area contributed by atoms with Crippen molar-refractivity contribution in [2.45, 2.75) is 39.0 Å². The maximum atomic E-state index is 15.5. The molecule has 1 unspecified atom stereocenters. The molecule has 5 heteroatoms. The van der Waals surface area contributed by atoms with E-state index < -0.39 is 5.67 Å². The van der Waals surface area contributed by atoms with Crippen LogP contribution < -0.4 is 0 Å². The average molecular weight is 338 g/mol. The van der Waals surface area contributed by atoms with E-state index in [0.29, 0.717) is 5.69 Å². The van der Waals surface area contributed by atoms with Crippen LogP contribution in [-0.2, 0) is 25.2 Å². The summed E-state index contributed by atoms with van der Waals surface area (Å²) in [4.78, 5) is 10.4. The molecule has 1 atom stereocenters. The molecule has 0 spiro atoms. The lowest BCUT2D eigenvalue weighted by Gasteiger charge is -2.27. The van der Waals surface area contributed by atoms with Crippen molar-refractivity contribution in [3.63, 3.8) is 0 Å². The molecule has 4 nitrogen and oxygen atoms in total. The zero-order chi connectivity index (χ0) is 17.6. The number of aromatic nitrogens is 3. The van der Waals surface area contributed by atoms with Crippen molar-refractivity contribution in [2.24, 2.45) is 0 Å². The molecular formula is C20H23FN4. The van der Waals surface area contributed by atoms with Crippen molar-refractivity contribution in [1.29, 1.82) is 0 Å². The van der Waals surface area contributed by atoms with Crippen molar-refractivity contribution < 1.29 is 4.39 Å². The maximum absolute atomic E-state index is 15.5. The fourth-order valence-corrected chi connectivity index (χ4v) is 3.86. The molecule has 130 valence electrons. The van der Waals surface area contributed by atoms with Crippen LogP contribution in [0.2, 0.25) is 0 Å². The molecule has 25 heavy (non-hydrogen) atoms. The van der Waals surface area contributed by atoms with E-state index >= 15 is 4.39 Å². The first-order chi connectivity index (χ1) is 12.0. The molecule has 0 radical (unpaired) electrons. The van der Waals surface area contributed by atoms with Gasteiger partial charge in [0.05, 0.1) is 12.2 Å². The van der Waals surface area contributed by atoms with Crippen LogP contribution in [0.3, 0.4) is 0 Å². The molecule has 0 saturated heterocycles. The van der Waals surface area contributed by atoms with E-state index in [0.717, 1.165) is 25.0 Å². The first-order valence-corrected chi connectivity index (χ1v) is 8.70. The summed E-state index contributed by atoms with van der Waals surface area (Å²) in [7, 11) is 2.14. The van der Waals surface area contributed by atoms with E-state index in [-0.39, 0.29) is 6.54 Å². The molecule has 0 saturated carbocycles. The summed E-state index contributed by atoms with van der Waals surface area (Å²) < 4.78 is 17.7. The van der Waals surface area contributed by atoms with Gasteiger partial charge in [-0.15, -0.1) is 0 Å². The minimum atomic E-state index is -1.54. The van der Waals surface area contributed by atoms with E-state index in [1.54, 1.807) is 19.2 Å². The van der Waals surface area contributed by atoms with Gasteiger partial charge in [-0.25, -0.2) is 14.4 Å². The molecule has 3 aromatic rings. The van der Waals surface area contributed by atoms with Gasteiger partial charge in [0.1, 0.15) is 6.33 Å². The molecule has 0 amide bonds. The highest BCUT2D eigenvalue weighted by molar-refractivity contribution is 5.86. The Labute approximate surface area is 147 Å². The number of halogens is 1. The number of nitrogens with zero attached hydrogens (tertiary/aromatic N) is 4. The number of fused-ring (bicyclic) bond motifs is 3. The number of aryl methyl sites for hydroxylation is 1. The van der Waals surface area contributed by atoms with Gasteiger partial charge < -0.3 is 9.47 Å². The monoisotopic (exact) mass is 338 g/mol. The Morgan fingerprint density at radius 2 is 2.12 bits per heavy atom. The third-order valence-electron chi connectivity index (χ3n) is 5.17. The fourth-order valence-electron chi connectivity index (χ4n) is 3.86. The van der Waals surface area contributed by atoms with Crippen LogP contribution >= 0.6 is 0 Å². The highest BCUT2D eigenvalue weighted by Crippen LogP contribution is 2.35. The number of hydrogen-bond donors (Lipinski definition) is 0. The SMILES string of the molecule is Cc1ccc2c(c1)c1c(n2CC(C)(F)c2ccncn2)CCN(C)C1. The third kappa shape index (κ3) is 2.82. The topological polar surface area (TPSA) is 34.0 Å². The van der Waals surface area contributed by atoms with E-state index in [4.69, 9.17) is 0 Å². The molecule has 1 aromatic carbocycles. The normalized spacial score (nSPS) is 17.4. The molecule has 0 bridgehead atoms. The highest BCUT2D eigenvalue weighted by atomic mass is 19.1. The molecule has 0 aliphatic carbocycles. The van der Waals surface area contributed by atoms with Crippen LogP contribution in [-0.4, -0.2) is 33.0 Å². The number of hydrogen-bond acceptors (Lipinski definition) is 3. The minimum Gasteiger partial charge on any atom is -0.341 e. The standard InChI is InChI=1S/C20H23FN4/c1-14-4-5-17-15(10-14)16-11-24(3)9-7-18(16)25(17)12-20(2,21)19-6-8-22-13-23-19/h4-6,8,10,13H,7,9,11-12H2,1-3H3. The Morgan fingerprint density at radius 1 is 1.28 bits per heavy atom. The second-order valence-electron chi connectivity index (χ2n) is 7.31. The molecule has 3 heterocycles. The lowest BCUT2D eigenvalue weighted by atomic mass is 10.0. The van der Waals surface area contributed by atoms with E-state index in [1.807, 2.05) is 0 Å². The zero-order valence-electron chi connectivity index (χ0n) is 15.0. The Balaban J connectivity index is 1.85. The van der Waals surface area contributed by atoms with Gasteiger partial charge in [-0.2, -0.15) is 0 Å². The van der Waals surface area contributed by atoms with Crippen molar-refractivity contribution in [1.82, 2.24) is 19.4 Å². The third-order valence-corrected chi connectivity index (χ3v) is 5.17. The van der Waals surface area contributed by atoms with Crippen LogP contribution in [0.5, 0.6) is 0 Å². The number of rotatable bonds is 3. The van der Waals surface area contributed by atoms with Gasteiger partial charge in [0, 0.05) is 42.3 Å². The molecule has 0 N–H and O–H groups in total. The summed E-state index contributed by atoms with van der Waals surface area (Å²) in [6, 6.07) is 8.12. The van der Waals surface area contributed by atoms with Crippen LogP contribution in [0.4, 0.5) is 4.39 Å². The van der Waals surface area contributed by atoms with Gasteiger partial charge in [-0.05, 0) is 44.7 Å². The van der Waals surface area contributed by atoms with E-state index in [1.165, 1.54) is 28.5 Å². The second kappa shape index (κ2) is 5.92. The molecule has 4 rings (SSSR count). The number of likely N-dealkylation sites (N-methyl/N-ethyl adjacent to an activating group) is 1. The minimum absolute atomic E-state index is 0.266. The van der Waals surface area contributed by atoms with E-state index in [9.17, 15) is 0 Å². The summed E-state index contributed by atoms with van der Waals surface area (Å²) in [5, 5.41) is 1.25. The van der Waals surface area contributed by atoms with Crippen LogP contribution in [0.25, 0.3) is 10.9 Å². The van der Waals surface area contributed by atoms with Crippen LogP contribution in [0.1, 0.15) is 29.4 Å². The molecular weight excluding hydrogens is 315 g/mol. The van der Waals surface area contributed by atoms with Crippen LogP contribution in [0.15, 0.2) is 36.8 Å². The van der Waals surface area contributed by atoms with Crippen LogP contribution in [0, 0.1) is 6.92 Å². The fraction of sp³-hybridized carbons (Fsp3) is 0.400. The first-order valence-electron chi connectivity index (χ1n) is 8.70.